The lowest BCUT2D eigenvalue weighted by Crippen LogP contribution is -2.34. The van der Waals surface area contributed by atoms with Gasteiger partial charge >= 0.3 is 0 Å². The zero-order chi connectivity index (χ0) is 18.5. The molecule has 2 aromatic carbocycles. The number of aromatic nitrogens is 2. The highest BCUT2D eigenvalue weighted by Crippen LogP contribution is 2.20. The quantitative estimate of drug-likeness (QED) is 0.745. The summed E-state index contributed by atoms with van der Waals surface area (Å²) in [5, 5.41) is 10.5. The Hall–Kier alpha value is -3.19. The summed E-state index contributed by atoms with van der Waals surface area (Å²) in [6.45, 7) is -0.102. The van der Waals surface area contributed by atoms with Crippen molar-refractivity contribution in [1.29, 1.82) is 0 Å². The van der Waals surface area contributed by atoms with Gasteiger partial charge < -0.3 is 14.6 Å². The highest BCUT2D eigenvalue weighted by Gasteiger charge is 2.16. The van der Waals surface area contributed by atoms with Gasteiger partial charge in [0.05, 0.1) is 17.3 Å². The molecule has 0 saturated carbocycles. The van der Waals surface area contributed by atoms with Crippen molar-refractivity contribution in [2.75, 3.05) is 18.9 Å². The van der Waals surface area contributed by atoms with Crippen LogP contribution in [0, 0.1) is 0 Å². The number of rotatable bonds is 5. The minimum atomic E-state index is -0.337. The Bertz CT molecular complexity index is 910. The van der Waals surface area contributed by atoms with E-state index in [-0.39, 0.29) is 18.4 Å². The van der Waals surface area contributed by atoms with Gasteiger partial charge in [-0.2, -0.15) is 0 Å². The monoisotopic (exact) mass is 370 g/mol. The lowest BCUT2D eigenvalue weighted by molar-refractivity contribution is -0.116. The molecular formula is C18H15ClN4O3. The van der Waals surface area contributed by atoms with Crippen molar-refractivity contribution in [3.63, 3.8) is 0 Å². The van der Waals surface area contributed by atoms with Crippen molar-refractivity contribution in [2.24, 2.45) is 0 Å². The van der Waals surface area contributed by atoms with Crippen molar-refractivity contribution < 1.29 is 14.0 Å². The van der Waals surface area contributed by atoms with Crippen LogP contribution in [0.3, 0.4) is 0 Å². The highest BCUT2D eigenvalue weighted by molar-refractivity contribution is 6.33. The third kappa shape index (κ3) is 4.07. The van der Waals surface area contributed by atoms with Crippen LogP contribution in [0.4, 0.5) is 5.69 Å². The van der Waals surface area contributed by atoms with Gasteiger partial charge in [-0.15, -0.1) is 10.2 Å². The SMILES string of the molecule is CN(CC(=O)Nc1ccccc1Cl)C(=O)c1ccc(-c2nnco2)cc1. The fourth-order valence-corrected chi connectivity index (χ4v) is 2.50. The van der Waals surface area contributed by atoms with Gasteiger partial charge in [-0.05, 0) is 36.4 Å². The average Bonchev–Trinajstić information content (AvgIpc) is 3.18. The van der Waals surface area contributed by atoms with E-state index in [0.717, 1.165) is 0 Å². The third-order valence-electron chi connectivity index (χ3n) is 3.61. The first-order chi connectivity index (χ1) is 12.5. The second kappa shape index (κ2) is 7.79. The molecule has 8 heteroatoms. The normalized spacial score (nSPS) is 10.4. The van der Waals surface area contributed by atoms with Gasteiger partial charge in [-0.1, -0.05) is 23.7 Å². The molecule has 1 heterocycles. The standard InChI is InChI=1S/C18H15ClN4O3/c1-23(10-16(24)21-15-5-3-2-4-14(15)19)18(25)13-8-6-12(7-9-13)17-22-20-11-26-17/h2-9,11H,10H2,1H3,(H,21,24). The molecule has 7 nitrogen and oxygen atoms in total. The maximum absolute atomic E-state index is 12.5. The Morgan fingerprint density at radius 3 is 2.54 bits per heavy atom. The van der Waals surface area contributed by atoms with E-state index in [1.54, 1.807) is 55.6 Å². The summed E-state index contributed by atoms with van der Waals surface area (Å²) < 4.78 is 5.10. The molecule has 0 unspecified atom stereocenters. The predicted molar refractivity (Wildman–Crippen MR) is 96.8 cm³/mol. The van der Waals surface area contributed by atoms with E-state index in [2.05, 4.69) is 15.5 Å². The van der Waals surface area contributed by atoms with Gasteiger partial charge in [0.15, 0.2) is 0 Å². The van der Waals surface area contributed by atoms with Crippen molar-refractivity contribution >= 4 is 29.1 Å². The molecule has 0 saturated heterocycles. The van der Waals surface area contributed by atoms with E-state index >= 15 is 0 Å². The zero-order valence-electron chi connectivity index (χ0n) is 13.8. The van der Waals surface area contributed by atoms with Crippen LogP contribution in [0.5, 0.6) is 0 Å². The Kier molecular flexibility index (Phi) is 5.28. The minimum Gasteiger partial charge on any atom is -0.423 e. The summed E-state index contributed by atoms with van der Waals surface area (Å²) in [6, 6.07) is 13.6. The van der Waals surface area contributed by atoms with Gasteiger partial charge in [0.1, 0.15) is 0 Å². The topological polar surface area (TPSA) is 88.3 Å². The summed E-state index contributed by atoms with van der Waals surface area (Å²) in [5.74, 6) is -0.246. The van der Waals surface area contributed by atoms with Gasteiger partial charge in [0.2, 0.25) is 18.2 Å². The number of anilines is 1. The van der Waals surface area contributed by atoms with Crippen LogP contribution in [-0.2, 0) is 4.79 Å². The lowest BCUT2D eigenvalue weighted by atomic mass is 10.1. The summed E-state index contributed by atoms with van der Waals surface area (Å²) in [4.78, 5) is 25.9. The van der Waals surface area contributed by atoms with Gasteiger partial charge in [0, 0.05) is 18.2 Å². The zero-order valence-corrected chi connectivity index (χ0v) is 14.6. The van der Waals surface area contributed by atoms with Crippen molar-refractivity contribution in [1.82, 2.24) is 15.1 Å². The van der Waals surface area contributed by atoms with Crippen molar-refractivity contribution in [3.05, 3.63) is 65.5 Å². The van der Waals surface area contributed by atoms with E-state index in [1.165, 1.54) is 11.3 Å². The number of hydrogen-bond acceptors (Lipinski definition) is 5. The van der Waals surface area contributed by atoms with E-state index in [9.17, 15) is 9.59 Å². The van der Waals surface area contributed by atoms with E-state index in [4.69, 9.17) is 16.0 Å². The fourth-order valence-electron chi connectivity index (χ4n) is 2.31. The number of benzene rings is 2. The number of carbonyl (C=O) groups excluding carboxylic acids is 2. The molecular weight excluding hydrogens is 356 g/mol. The molecule has 26 heavy (non-hydrogen) atoms. The number of para-hydroxylation sites is 1. The van der Waals surface area contributed by atoms with Crippen LogP contribution in [-0.4, -0.2) is 40.5 Å². The third-order valence-corrected chi connectivity index (χ3v) is 3.94. The number of carbonyl (C=O) groups is 2. The van der Waals surface area contributed by atoms with Crippen molar-refractivity contribution in [2.45, 2.75) is 0 Å². The number of likely N-dealkylation sites (N-methyl/N-ethyl adjacent to an activating group) is 1. The first-order valence-electron chi connectivity index (χ1n) is 7.71. The van der Waals surface area contributed by atoms with E-state index in [0.29, 0.717) is 27.7 Å². The molecule has 2 amide bonds. The molecule has 0 spiro atoms. The summed E-state index contributed by atoms with van der Waals surface area (Å²) >= 11 is 6.01. The fraction of sp³-hybridized carbons (Fsp3) is 0.111. The Labute approximate surface area is 154 Å². The smallest absolute Gasteiger partial charge is 0.254 e. The lowest BCUT2D eigenvalue weighted by Gasteiger charge is -2.17. The van der Waals surface area contributed by atoms with Gasteiger partial charge in [-0.25, -0.2) is 0 Å². The summed E-state index contributed by atoms with van der Waals surface area (Å²) in [7, 11) is 1.56. The molecule has 1 aromatic heterocycles. The predicted octanol–water partition coefficient (Wildman–Crippen LogP) is 3.10. The molecule has 0 bridgehead atoms. The Morgan fingerprint density at radius 1 is 1.15 bits per heavy atom. The maximum Gasteiger partial charge on any atom is 0.254 e. The first-order valence-corrected chi connectivity index (χ1v) is 8.09. The van der Waals surface area contributed by atoms with Crippen molar-refractivity contribution in [3.8, 4) is 11.5 Å². The Morgan fingerprint density at radius 2 is 1.88 bits per heavy atom. The van der Waals surface area contributed by atoms with Crippen LogP contribution < -0.4 is 5.32 Å². The number of amides is 2. The minimum absolute atomic E-state index is 0.102. The van der Waals surface area contributed by atoms with Crippen LogP contribution in [0.15, 0.2) is 59.3 Å². The first kappa shape index (κ1) is 17.6. The molecule has 132 valence electrons. The molecule has 1 N–H and O–H groups in total. The number of nitrogens with zero attached hydrogens (tertiary/aromatic N) is 3. The molecule has 0 fully saturated rings. The number of halogens is 1. The molecule has 0 aliphatic carbocycles. The molecule has 3 aromatic rings. The summed E-state index contributed by atoms with van der Waals surface area (Å²) in [6.07, 6.45) is 1.24. The second-order valence-corrected chi connectivity index (χ2v) is 5.92. The van der Waals surface area contributed by atoms with Crippen LogP contribution >= 0.6 is 11.6 Å². The van der Waals surface area contributed by atoms with Crippen LogP contribution in [0.2, 0.25) is 5.02 Å². The maximum atomic E-state index is 12.5. The molecule has 0 aliphatic heterocycles. The average molecular weight is 371 g/mol. The molecule has 0 radical (unpaired) electrons. The number of hydrogen-bond donors (Lipinski definition) is 1. The number of nitrogens with one attached hydrogen (secondary N) is 1. The molecule has 0 aliphatic rings. The summed E-state index contributed by atoms with van der Waals surface area (Å²) in [5.41, 5.74) is 1.66. The van der Waals surface area contributed by atoms with E-state index < -0.39 is 0 Å². The Balaban J connectivity index is 1.62. The van der Waals surface area contributed by atoms with Gasteiger partial charge in [0.25, 0.3) is 5.91 Å². The second-order valence-electron chi connectivity index (χ2n) is 5.51. The van der Waals surface area contributed by atoms with Gasteiger partial charge in [-0.3, -0.25) is 9.59 Å². The molecule has 0 atom stereocenters. The van der Waals surface area contributed by atoms with Crippen LogP contribution in [0.25, 0.3) is 11.5 Å². The van der Waals surface area contributed by atoms with E-state index in [1.807, 2.05) is 0 Å². The van der Waals surface area contributed by atoms with Crippen LogP contribution in [0.1, 0.15) is 10.4 Å². The molecule has 3 rings (SSSR count). The largest absolute Gasteiger partial charge is 0.423 e. The highest BCUT2D eigenvalue weighted by atomic mass is 35.5.